The van der Waals surface area contributed by atoms with E-state index in [1.54, 1.807) is 24.3 Å². The SMILES string of the molecule is C=C(C)C(=O)OCC(COC(=O)C(=C)C)Oc1ccc(-c2ccc(OC=O)cc2)cc1. The molecule has 0 unspecified atom stereocenters. The van der Waals surface area contributed by atoms with Gasteiger partial charge in [-0.2, -0.15) is 0 Å². The van der Waals surface area contributed by atoms with Crippen LogP contribution in [-0.4, -0.2) is 37.7 Å². The van der Waals surface area contributed by atoms with Crippen LogP contribution in [0, 0.1) is 0 Å². The molecule has 0 aromatic heterocycles. The number of benzene rings is 2. The van der Waals surface area contributed by atoms with Crippen molar-refractivity contribution < 1.29 is 33.3 Å². The van der Waals surface area contributed by atoms with Crippen molar-refractivity contribution in [1.29, 1.82) is 0 Å². The van der Waals surface area contributed by atoms with Crippen LogP contribution in [0.2, 0.25) is 0 Å². The van der Waals surface area contributed by atoms with Crippen molar-refractivity contribution in [2.24, 2.45) is 0 Å². The lowest BCUT2D eigenvalue weighted by Gasteiger charge is -2.19. The Balaban J connectivity index is 2.06. The molecule has 0 amide bonds. The molecule has 0 bridgehead atoms. The summed E-state index contributed by atoms with van der Waals surface area (Å²) in [4.78, 5) is 33.8. The van der Waals surface area contributed by atoms with E-state index in [2.05, 4.69) is 13.2 Å². The molecule has 7 heteroatoms. The van der Waals surface area contributed by atoms with Gasteiger partial charge in [0.1, 0.15) is 24.7 Å². The van der Waals surface area contributed by atoms with Gasteiger partial charge in [0, 0.05) is 11.1 Å². The first kappa shape index (κ1) is 23.4. The summed E-state index contributed by atoms with van der Waals surface area (Å²) >= 11 is 0. The molecule has 0 aliphatic rings. The van der Waals surface area contributed by atoms with Gasteiger partial charge in [-0.05, 0) is 49.2 Å². The van der Waals surface area contributed by atoms with Gasteiger partial charge in [0.2, 0.25) is 0 Å². The van der Waals surface area contributed by atoms with E-state index < -0.39 is 18.0 Å². The Bertz CT molecular complexity index is 913. The van der Waals surface area contributed by atoms with E-state index in [1.165, 1.54) is 13.8 Å². The predicted molar refractivity (Wildman–Crippen MR) is 115 cm³/mol. The standard InChI is InChI=1S/C24H24O7/c1-16(2)23(26)28-13-22(14-29-24(27)17(3)4)31-21-11-7-19(8-12-21)18-5-9-20(10-6-18)30-15-25/h5-12,15,22H,1,3,13-14H2,2,4H3. The molecule has 162 valence electrons. The van der Waals surface area contributed by atoms with E-state index in [1.807, 2.05) is 24.3 Å². The third-order valence-corrected chi connectivity index (χ3v) is 4.03. The highest BCUT2D eigenvalue weighted by atomic mass is 16.6. The van der Waals surface area contributed by atoms with Crippen molar-refractivity contribution in [3.05, 3.63) is 72.8 Å². The minimum absolute atomic E-state index is 0.116. The van der Waals surface area contributed by atoms with Crippen LogP contribution in [0.5, 0.6) is 11.5 Å². The maximum Gasteiger partial charge on any atom is 0.333 e. The summed E-state index contributed by atoms with van der Waals surface area (Å²) in [6.45, 7) is 10.3. The molecule has 2 aromatic rings. The van der Waals surface area contributed by atoms with E-state index >= 15 is 0 Å². The van der Waals surface area contributed by atoms with Crippen molar-refractivity contribution in [3.63, 3.8) is 0 Å². The monoisotopic (exact) mass is 424 g/mol. The quantitative estimate of drug-likeness (QED) is 0.307. The molecule has 0 saturated heterocycles. The number of carbonyl (C=O) groups is 3. The fourth-order valence-electron chi connectivity index (χ4n) is 2.40. The summed E-state index contributed by atoms with van der Waals surface area (Å²) in [6, 6.07) is 14.2. The molecule has 31 heavy (non-hydrogen) atoms. The third kappa shape index (κ3) is 7.47. The second kappa shape index (κ2) is 11.3. The topological polar surface area (TPSA) is 88.1 Å². The van der Waals surface area contributed by atoms with Crippen molar-refractivity contribution in [3.8, 4) is 22.6 Å². The van der Waals surface area contributed by atoms with Crippen LogP contribution in [-0.2, 0) is 23.9 Å². The number of hydrogen-bond donors (Lipinski definition) is 0. The van der Waals surface area contributed by atoms with E-state index in [0.717, 1.165) is 11.1 Å². The zero-order chi connectivity index (χ0) is 22.8. The van der Waals surface area contributed by atoms with Gasteiger partial charge < -0.3 is 18.9 Å². The lowest BCUT2D eigenvalue weighted by molar-refractivity contribution is -0.146. The third-order valence-electron chi connectivity index (χ3n) is 4.03. The fraction of sp³-hybridized carbons (Fsp3) is 0.208. The smallest absolute Gasteiger partial charge is 0.333 e. The summed E-state index contributed by atoms with van der Waals surface area (Å²) in [5, 5.41) is 0. The second-order valence-electron chi connectivity index (χ2n) is 6.76. The number of rotatable bonds is 11. The Morgan fingerprint density at radius 2 is 1.23 bits per heavy atom. The van der Waals surface area contributed by atoms with Gasteiger partial charge in [0.25, 0.3) is 6.47 Å². The Morgan fingerprint density at radius 1 is 0.806 bits per heavy atom. The van der Waals surface area contributed by atoms with Crippen molar-refractivity contribution in [2.75, 3.05) is 13.2 Å². The van der Waals surface area contributed by atoms with Crippen LogP contribution < -0.4 is 9.47 Å². The van der Waals surface area contributed by atoms with Crippen molar-refractivity contribution in [1.82, 2.24) is 0 Å². The summed E-state index contributed by atoms with van der Waals surface area (Å²) in [5.74, 6) is -0.156. The van der Waals surface area contributed by atoms with E-state index in [9.17, 15) is 14.4 Å². The van der Waals surface area contributed by atoms with Crippen LogP contribution in [0.15, 0.2) is 72.8 Å². The molecule has 2 aromatic carbocycles. The molecule has 0 aliphatic carbocycles. The van der Waals surface area contributed by atoms with Crippen LogP contribution in [0.3, 0.4) is 0 Å². The summed E-state index contributed by atoms with van der Waals surface area (Å²) in [5.41, 5.74) is 2.36. The highest BCUT2D eigenvalue weighted by molar-refractivity contribution is 5.87. The van der Waals surface area contributed by atoms with Crippen LogP contribution in [0.1, 0.15) is 13.8 Å². The lowest BCUT2D eigenvalue weighted by Crippen LogP contribution is -2.31. The van der Waals surface area contributed by atoms with Gasteiger partial charge in [-0.15, -0.1) is 0 Å². The molecule has 7 nitrogen and oxygen atoms in total. The molecular weight excluding hydrogens is 400 g/mol. The Kier molecular flexibility index (Phi) is 8.57. The number of ether oxygens (including phenoxy) is 4. The van der Waals surface area contributed by atoms with Crippen LogP contribution in [0.4, 0.5) is 0 Å². The zero-order valence-corrected chi connectivity index (χ0v) is 17.5. The van der Waals surface area contributed by atoms with E-state index in [-0.39, 0.29) is 24.4 Å². The first-order valence-corrected chi connectivity index (χ1v) is 9.43. The van der Waals surface area contributed by atoms with Gasteiger partial charge >= 0.3 is 11.9 Å². The lowest BCUT2D eigenvalue weighted by atomic mass is 10.1. The number of esters is 2. The summed E-state index contributed by atoms with van der Waals surface area (Å²) < 4.78 is 20.9. The van der Waals surface area contributed by atoms with Crippen LogP contribution >= 0.6 is 0 Å². The Labute approximate surface area is 180 Å². The maximum atomic E-state index is 11.7. The Hall–Kier alpha value is -3.87. The average molecular weight is 424 g/mol. The minimum atomic E-state index is -0.711. The maximum absolute atomic E-state index is 11.7. The molecular formula is C24H24O7. The normalized spacial score (nSPS) is 10.2. The van der Waals surface area contributed by atoms with Gasteiger partial charge in [0.15, 0.2) is 6.10 Å². The van der Waals surface area contributed by atoms with E-state index in [0.29, 0.717) is 18.0 Å². The molecule has 0 fully saturated rings. The first-order valence-electron chi connectivity index (χ1n) is 9.43. The van der Waals surface area contributed by atoms with Gasteiger partial charge in [-0.3, -0.25) is 4.79 Å². The van der Waals surface area contributed by atoms with Crippen LogP contribution in [0.25, 0.3) is 11.1 Å². The van der Waals surface area contributed by atoms with Crippen molar-refractivity contribution in [2.45, 2.75) is 20.0 Å². The van der Waals surface area contributed by atoms with Crippen molar-refractivity contribution >= 4 is 18.4 Å². The van der Waals surface area contributed by atoms with Gasteiger partial charge in [-0.1, -0.05) is 37.4 Å². The fourth-order valence-corrected chi connectivity index (χ4v) is 2.40. The summed E-state index contributed by atoms with van der Waals surface area (Å²) in [6.07, 6.45) is -0.711. The summed E-state index contributed by atoms with van der Waals surface area (Å²) in [7, 11) is 0. The molecule has 0 aliphatic heterocycles. The molecule has 0 saturated carbocycles. The minimum Gasteiger partial charge on any atom is -0.483 e. The predicted octanol–water partition coefficient (Wildman–Crippen LogP) is 3.87. The molecule has 0 radical (unpaired) electrons. The number of hydrogen-bond acceptors (Lipinski definition) is 7. The molecule has 0 spiro atoms. The highest BCUT2D eigenvalue weighted by Crippen LogP contribution is 2.25. The Morgan fingerprint density at radius 3 is 1.61 bits per heavy atom. The molecule has 2 rings (SSSR count). The average Bonchev–Trinajstić information content (AvgIpc) is 2.76. The molecule has 0 N–H and O–H groups in total. The first-order chi connectivity index (χ1) is 14.8. The van der Waals surface area contributed by atoms with Gasteiger partial charge in [-0.25, -0.2) is 9.59 Å². The highest BCUT2D eigenvalue weighted by Gasteiger charge is 2.17. The molecule has 0 atom stereocenters. The van der Waals surface area contributed by atoms with Gasteiger partial charge in [0.05, 0.1) is 0 Å². The zero-order valence-electron chi connectivity index (χ0n) is 17.5. The molecule has 0 heterocycles. The largest absolute Gasteiger partial charge is 0.483 e. The number of carbonyl (C=O) groups excluding carboxylic acids is 3. The van der Waals surface area contributed by atoms with E-state index in [4.69, 9.17) is 18.9 Å². The second-order valence-corrected chi connectivity index (χ2v) is 6.76.